The maximum Gasteiger partial charge on any atom is 0.261 e. The summed E-state index contributed by atoms with van der Waals surface area (Å²) in [5.41, 5.74) is 2.14. The third-order valence-corrected chi connectivity index (χ3v) is 5.59. The van der Waals surface area contributed by atoms with Gasteiger partial charge in [-0.15, -0.1) is 0 Å². The van der Waals surface area contributed by atoms with Crippen LogP contribution in [0.15, 0.2) is 42.5 Å². The van der Waals surface area contributed by atoms with Crippen LogP contribution in [0.4, 0.5) is 0 Å². The molecule has 0 aliphatic carbocycles. The molecule has 1 unspecified atom stereocenters. The molecule has 0 saturated carbocycles. The number of nitrogens with one attached hydrogen (secondary N) is 1. The van der Waals surface area contributed by atoms with E-state index in [0.717, 1.165) is 28.4 Å². The van der Waals surface area contributed by atoms with Crippen molar-refractivity contribution in [1.82, 2.24) is 5.32 Å². The largest absolute Gasteiger partial charge is 0.480 e. The molecule has 3 nitrogen and oxygen atoms in total. The van der Waals surface area contributed by atoms with Crippen LogP contribution < -0.4 is 10.1 Å². The lowest BCUT2D eigenvalue weighted by Crippen LogP contribution is -2.39. The van der Waals surface area contributed by atoms with Gasteiger partial charge in [0.05, 0.1) is 10.0 Å². The molecule has 2 aromatic rings. The van der Waals surface area contributed by atoms with Gasteiger partial charge in [-0.05, 0) is 42.7 Å². The first-order valence-corrected chi connectivity index (χ1v) is 10.4. The second-order valence-corrected chi connectivity index (χ2v) is 7.79. The molecule has 1 atom stereocenters. The van der Waals surface area contributed by atoms with Crippen LogP contribution in [0.5, 0.6) is 5.75 Å². The second kappa shape index (κ2) is 10.7. The molecular formula is C20H23Cl2NO2S. The molecule has 0 radical (unpaired) electrons. The number of rotatable bonds is 9. The van der Waals surface area contributed by atoms with E-state index in [4.69, 9.17) is 27.9 Å². The topological polar surface area (TPSA) is 38.3 Å². The van der Waals surface area contributed by atoms with E-state index in [1.807, 2.05) is 50.2 Å². The van der Waals surface area contributed by atoms with Gasteiger partial charge in [-0.1, -0.05) is 54.4 Å². The third-order valence-electron chi connectivity index (χ3n) is 3.82. The number of hydrogen-bond donors (Lipinski definition) is 1. The van der Waals surface area contributed by atoms with Gasteiger partial charge in [0, 0.05) is 18.1 Å². The van der Waals surface area contributed by atoms with Crippen molar-refractivity contribution in [2.75, 3.05) is 12.3 Å². The van der Waals surface area contributed by atoms with Crippen molar-refractivity contribution >= 4 is 40.9 Å². The zero-order valence-electron chi connectivity index (χ0n) is 14.9. The first kappa shape index (κ1) is 20.9. The number of aryl methyl sites for hydroxylation is 1. The number of thioether (sulfide) groups is 1. The zero-order chi connectivity index (χ0) is 18.9. The number of hydrogen-bond acceptors (Lipinski definition) is 3. The number of ether oxygens (including phenoxy) is 1. The molecule has 0 spiro atoms. The number of carbonyl (C=O) groups excluding carboxylic acids is 1. The molecule has 0 fully saturated rings. The standard InChI is InChI=1S/C20H23Cl2NO2S/c1-3-18(25-19-7-5-4-6-14(19)2)20(24)23-10-11-26-13-15-8-9-16(21)17(22)12-15/h4-9,12,18H,3,10-11,13H2,1-2H3,(H,23,24). The van der Waals surface area contributed by atoms with Crippen LogP contribution in [0.1, 0.15) is 24.5 Å². The molecule has 0 saturated heterocycles. The van der Waals surface area contributed by atoms with Gasteiger partial charge >= 0.3 is 0 Å². The number of halogens is 2. The summed E-state index contributed by atoms with van der Waals surface area (Å²) in [6, 6.07) is 13.4. The molecular weight excluding hydrogens is 389 g/mol. The van der Waals surface area contributed by atoms with E-state index in [1.165, 1.54) is 0 Å². The van der Waals surface area contributed by atoms with Crippen molar-refractivity contribution in [3.05, 3.63) is 63.6 Å². The van der Waals surface area contributed by atoms with Crippen LogP contribution in [0.25, 0.3) is 0 Å². The van der Waals surface area contributed by atoms with Crippen molar-refractivity contribution in [2.45, 2.75) is 32.1 Å². The Morgan fingerprint density at radius 1 is 1.19 bits per heavy atom. The Kier molecular flexibility index (Phi) is 8.63. The molecule has 1 N–H and O–H groups in total. The normalized spacial score (nSPS) is 11.8. The Morgan fingerprint density at radius 3 is 2.65 bits per heavy atom. The van der Waals surface area contributed by atoms with Crippen LogP contribution in [-0.4, -0.2) is 24.3 Å². The molecule has 0 aliphatic heterocycles. The summed E-state index contributed by atoms with van der Waals surface area (Å²) in [6.45, 7) is 4.51. The van der Waals surface area contributed by atoms with Crippen LogP contribution in [0.3, 0.4) is 0 Å². The van der Waals surface area contributed by atoms with Crippen molar-refractivity contribution < 1.29 is 9.53 Å². The van der Waals surface area contributed by atoms with Gasteiger partial charge in [0.25, 0.3) is 5.91 Å². The van der Waals surface area contributed by atoms with Crippen LogP contribution in [-0.2, 0) is 10.5 Å². The molecule has 0 aromatic heterocycles. The highest BCUT2D eigenvalue weighted by Gasteiger charge is 2.18. The summed E-state index contributed by atoms with van der Waals surface area (Å²) in [5.74, 6) is 2.31. The predicted octanol–water partition coefficient (Wildman–Crippen LogP) is 5.51. The molecule has 0 bridgehead atoms. The molecule has 140 valence electrons. The molecule has 6 heteroatoms. The summed E-state index contributed by atoms with van der Waals surface area (Å²) in [7, 11) is 0. The smallest absolute Gasteiger partial charge is 0.261 e. The molecule has 0 heterocycles. The Bertz CT molecular complexity index is 740. The average Bonchev–Trinajstić information content (AvgIpc) is 2.63. The zero-order valence-corrected chi connectivity index (χ0v) is 17.3. The van der Waals surface area contributed by atoms with Gasteiger partial charge in [0.1, 0.15) is 5.75 Å². The molecule has 2 aromatic carbocycles. The number of benzene rings is 2. The Balaban J connectivity index is 1.73. The maximum atomic E-state index is 12.3. The van der Waals surface area contributed by atoms with Gasteiger partial charge < -0.3 is 10.1 Å². The first-order chi connectivity index (χ1) is 12.5. The Labute approximate surface area is 169 Å². The van der Waals surface area contributed by atoms with Gasteiger partial charge in [-0.3, -0.25) is 4.79 Å². The van der Waals surface area contributed by atoms with E-state index in [1.54, 1.807) is 17.8 Å². The SMILES string of the molecule is CCC(Oc1ccccc1C)C(=O)NCCSCc1ccc(Cl)c(Cl)c1. The number of para-hydroxylation sites is 1. The van der Waals surface area contributed by atoms with Crippen LogP contribution in [0.2, 0.25) is 10.0 Å². The van der Waals surface area contributed by atoms with E-state index in [-0.39, 0.29) is 5.91 Å². The molecule has 0 aliphatic rings. The van der Waals surface area contributed by atoms with Crippen LogP contribution >= 0.6 is 35.0 Å². The van der Waals surface area contributed by atoms with Crippen molar-refractivity contribution in [3.63, 3.8) is 0 Å². The summed E-state index contributed by atoms with van der Waals surface area (Å²) >= 11 is 13.7. The molecule has 1 amide bonds. The number of amides is 1. The first-order valence-electron chi connectivity index (χ1n) is 8.53. The highest BCUT2D eigenvalue weighted by atomic mass is 35.5. The second-order valence-electron chi connectivity index (χ2n) is 5.87. The van der Waals surface area contributed by atoms with Crippen LogP contribution in [0, 0.1) is 6.92 Å². The predicted molar refractivity (Wildman–Crippen MR) is 112 cm³/mol. The van der Waals surface area contributed by atoms with E-state index in [0.29, 0.717) is 23.0 Å². The minimum absolute atomic E-state index is 0.0779. The van der Waals surface area contributed by atoms with E-state index < -0.39 is 6.10 Å². The highest BCUT2D eigenvalue weighted by molar-refractivity contribution is 7.98. The minimum Gasteiger partial charge on any atom is -0.480 e. The van der Waals surface area contributed by atoms with Gasteiger partial charge in [0.15, 0.2) is 6.10 Å². The fraction of sp³-hybridized carbons (Fsp3) is 0.350. The van der Waals surface area contributed by atoms with Gasteiger partial charge in [-0.25, -0.2) is 0 Å². The van der Waals surface area contributed by atoms with Crippen molar-refractivity contribution in [2.24, 2.45) is 0 Å². The lowest BCUT2D eigenvalue weighted by Gasteiger charge is -2.18. The Hall–Kier alpha value is -1.36. The Morgan fingerprint density at radius 2 is 1.96 bits per heavy atom. The summed E-state index contributed by atoms with van der Waals surface area (Å²) in [4.78, 5) is 12.3. The molecule has 2 rings (SSSR count). The summed E-state index contributed by atoms with van der Waals surface area (Å²) < 4.78 is 5.86. The van der Waals surface area contributed by atoms with E-state index in [2.05, 4.69) is 5.32 Å². The monoisotopic (exact) mass is 411 g/mol. The van der Waals surface area contributed by atoms with Gasteiger partial charge in [0.2, 0.25) is 0 Å². The van der Waals surface area contributed by atoms with Crippen molar-refractivity contribution in [3.8, 4) is 5.75 Å². The van der Waals surface area contributed by atoms with Gasteiger partial charge in [-0.2, -0.15) is 11.8 Å². The minimum atomic E-state index is -0.476. The fourth-order valence-electron chi connectivity index (χ4n) is 2.34. The lowest BCUT2D eigenvalue weighted by molar-refractivity contribution is -0.128. The third kappa shape index (κ3) is 6.42. The van der Waals surface area contributed by atoms with E-state index in [9.17, 15) is 4.79 Å². The number of carbonyl (C=O) groups is 1. The van der Waals surface area contributed by atoms with E-state index >= 15 is 0 Å². The lowest BCUT2D eigenvalue weighted by atomic mass is 10.2. The molecule has 26 heavy (non-hydrogen) atoms. The quantitative estimate of drug-likeness (QED) is 0.552. The average molecular weight is 412 g/mol. The van der Waals surface area contributed by atoms with Crippen molar-refractivity contribution in [1.29, 1.82) is 0 Å². The summed E-state index contributed by atoms with van der Waals surface area (Å²) in [5, 5.41) is 4.08. The maximum absolute atomic E-state index is 12.3. The highest BCUT2D eigenvalue weighted by Crippen LogP contribution is 2.24. The summed E-state index contributed by atoms with van der Waals surface area (Å²) in [6.07, 6.45) is 0.146. The fourth-order valence-corrected chi connectivity index (χ4v) is 3.47.